The van der Waals surface area contributed by atoms with E-state index in [1.807, 2.05) is 4.90 Å². The Morgan fingerprint density at radius 1 is 1.00 bits per heavy atom. The first kappa shape index (κ1) is 22.8. The molecule has 0 unspecified atom stereocenters. The molecule has 0 aliphatic carbocycles. The lowest BCUT2D eigenvalue weighted by molar-refractivity contribution is -0.137. The van der Waals surface area contributed by atoms with Crippen molar-refractivity contribution in [1.29, 1.82) is 0 Å². The summed E-state index contributed by atoms with van der Waals surface area (Å²) >= 11 is 0. The Hall–Kier alpha value is -3.43. The number of rotatable bonds is 5. The van der Waals surface area contributed by atoms with E-state index in [1.54, 1.807) is 23.1 Å². The maximum absolute atomic E-state index is 13.9. The molecule has 3 aromatic rings. The molecule has 0 saturated carbocycles. The van der Waals surface area contributed by atoms with Crippen LogP contribution in [-0.4, -0.2) is 47.0 Å². The zero-order chi connectivity index (χ0) is 23.4. The second-order valence-corrected chi connectivity index (χ2v) is 7.72. The summed E-state index contributed by atoms with van der Waals surface area (Å²) in [5.41, 5.74) is -0.477. The number of halogens is 4. The van der Waals surface area contributed by atoms with E-state index in [0.717, 1.165) is 12.3 Å². The van der Waals surface area contributed by atoms with Crippen LogP contribution < -0.4 is 4.90 Å². The smallest absolute Gasteiger partial charge is 0.417 e. The Morgan fingerprint density at radius 3 is 2.55 bits per heavy atom. The molecule has 4 rings (SSSR count). The Morgan fingerprint density at radius 2 is 1.82 bits per heavy atom. The highest BCUT2D eigenvalue weighted by molar-refractivity contribution is 5.76. The summed E-state index contributed by atoms with van der Waals surface area (Å²) in [6.07, 6.45) is -1.00. The molecule has 0 N–H and O–H groups in total. The fraction of sp³-hybridized carbons (Fsp3) is 0.348. The SMILES string of the molecule is O=C(CCc1ncc(-c2ccccc2F)o1)N1CCCN(c2ccc(C(F)(F)F)cn2)CC1. The van der Waals surface area contributed by atoms with Crippen molar-refractivity contribution in [2.45, 2.75) is 25.4 Å². The third-order valence-corrected chi connectivity index (χ3v) is 5.49. The molecule has 33 heavy (non-hydrogen) atoms. The number of carbonyl (C=O) groups is 1. The van der Waals surface area contributed by atoms with Gasteiger partial charge in [-0.3, -0.25) is 4.79 Å². The molecule has 6 nitrogen and oxygen atoms in total. The fourth-order valence-electron chi connectivity index (χ4n) is 3.72. The van der Waals surface area contributed by atoms with Gasteiger partial charge in [-0.1, -0.05) is 12.1 Å². The fourth-order valence-corrected chi connectivity index (χ4v) is 3.72. The summed E-state index contributed by atoms with van der Waals surface area (Å²) < 4.78 is 57.7. The number of benzene rings is 1. The second-order valence-electron chi connectivity index (χ2n) is 7.72. The lowest BCUT2D eigenvalue weighted by Gasteiger charge is -2.23. The molecule has 1 amide bonds. The van der Waals surface area contributed by atoms with Crippen LogP contribution in [-0.2, 0) is 17.4 Å². The molecule has 0 atom stereocenters. The third kappa shape index (κ3) is 5.50. The minimum Gasteiger partial charge on any atom is -0.441 e. The van der Waals surface area contributed by atoms with E-state index in [1.165, 1.54) is 18.3 Å². The van der Waals surface area contributed by atoms with Gasteiger partial charge in [-0.15, -0.1) is 0 Å². The minimum absolute atomic E-state index is 0.0668. The van der Waals surface area contributed by atoms with Crippen LogP contribution in [0.2, 0.25) is 0 Å². The lowest BCUT2D eigenvalue weighted by atomic mass is 10.2. The standard InChI is InChI=1S/C23H22F4N4O2/c24-18-5-2-1-4-17(18)19-15-29-21(33-19)8-9-22(32)31-11-3-10-30(12-13-31)20-7-6-16(14-28-20)23(25,26)27/h1-2,4-7,14-15H,3,8-13H2. The first-order valence-electron chi connectivity index (χ1n) is 10.6. The number of pyridine rings is 1. The van der Waals surface area contributed by atoms with Crippen LogP contribution in [0.15, 0.2) is 53.2 Å². The molecule has 1 saturated heterocycles. The highest BCUT2D eigenvalue weighted by Crippen LogP contribution is 2.29. The van der Waals surface area contributed by atoms with E-state index in [9.17, 15) is 22.4 Å². The maximum Gasteiger partial charge on any atom is 0.417 e. The quantitative estimate of drug-likeness (QED) is 0.520. The molecule has 1 aliphatic rings. The van der Waals surface area contributed by atoms with Gasteiger partial charge in [-0.25, -0.2) is 14.4 Å². The number of nitrogens with zero attached hydrogens (tertiary/aromatic N) is 4. The molecule has 10 heteroatoms. The number of alkyl halides is 3. The largest absolute Gasteiger partial charge is 0.441 e. The summed E-state index contributed by atoms with van der Waals surface area (Å²) in [6.45, 7) is 2.05. The molecule has 1 fully saturated rings. The van der Waals surface area contributed by atoms with Gasteiger partial charge < -0.3 is 14.2 Å². The van der Waals surface area contributed by atoms with Crippen LogP contribution in [0.5, 0.6) is 0 Å². The Labute approximate surface area is 187 Å². The van der Waals surface area contributed by atoms with E-state index in [0.29, 0.717) is 55.6 Å². The molecule has 2 aromatic heterocycles. The predicted octanol–water partition coefficient (Wildman–Crippen LogP) is 4.57. The summed E-state index contributed by atoms with van der Waals surface area (Å²) in [4.78, 5) is 24.4. The first-order valence-corrected chi connectivity index (χ1v) is 10.6. The van der Waals surface area contributed by atoms with Gasteiger partial charge >= 0.3 is 6.18 Å². The van der Waals surface area contributed by atoms with E-state index in [2.05, 4.69) is 9.97 Å². The van der Waals surface area contributed by atoms with Crippen molar-refractivity contribution >= 4 is 11.7 Å². The molecular formula is C23H22F4N4O2. The average Bonchev–Trinajstić information content (AvgIpc) is 3.12. The number of amides is 1. The normalized spacial score (nSPS) is 14.9. The van der Waals surface area contributed by atoms with E-state index in [-0.39, 0.29) is 18.7 Å². The number of aromatic nitrogens is 2. The van der Waals surface area contributed by atoms with Gasteiger partial charge in [0.05, 0.1) is 17.3 Å². The van der Waals surface area contributed by atoms with Crippen LogP contribution >= 0.6 is 0 Å². The Bertz CT molecular complexity index is 1100. The summed E-state index contributed by atoms with van der Waals surface area (Å²) in [5.74, 6) is 0.644. The van der Waals surface area contributed by atoms with Crippen molar-refractivity contribution < 1.29 is 26.8 Å². The van der Waals surface area contributed by atoms with Crippen molar-refractivity contribution in [2.24, 2.45) is 0 Å². The highest BCUT2D eigenvalue weighted by atomic mass is 19.4. The average molecular weight is 462 g/mol. The van der Waals surface area contributed by atoms with E-state index in [4.69, 9.17) is 4.42 Å². The van der Waals surface area contributed by atoms with Gasteiger partial charge in [0.1, 0.15) is 11.6 Å². The van der Waals surface area contributed by atoms with Gasteiger partial charge in [0.25, 0.3) is 0 Å². The van der Waals surface area contributed by atoms with Gasteiger partial charge in [0, 0.05) is 45.2 Å². The number of oxazole rings is 1. The van der Waals surface area contributed by atoms with Crippen molar-refractivity contribution in [2.75, 3.05) is 31.1 Å². The van der Waals surface area contributed by atoms with Crippen molar-refractivity contribution in [3.63, 3.8) is 0 Å². The summed E-state index contributed by atoms with van der Waals surface area (Å²) in [7, 11) is 0. The van der Waals surface area contributed by atoms with E-state index >= 15 is 0 Å². The van der Waals surface area contributed by atoms with Crippen LogP contribution in [0, 0.1) is 5.82 Å². The molecule has 174 valence electrons. The number of carbonyl (C=O) groups excluding carboxylic acids is 1. The van der Waals surface area contributed by atoms with Crippen LogP contribution in [0.1, 0.15) is 24.3 Å². The number of hydrogen-bond acceptors (Lipinski definition) is 5. The number of anilines is 1. The van der Waals surface area contributed by atoms with Crippen molar-refractivity contribution in [1.82, 2.24) is 14.9 Å². The molecule has 1 aromatic carbocycles. The van der Waals surface area contributed by atoms with Gasteiger partial charge in [0.2, 0.25) is 5.91 Å². The zero-order valence-corrected chi connectivity index (χ0v) is 17.7. The summed E-state index contributed by atoms with van der Waals surface area (Å²) in [6, 6.07) is 8.60. The zero-order valence-electron chi connectivity index (χ0n) is 17.7. The van der Waals surface area contributed by atoms with Gasteiger partial charge in [-0.2, -0.15) is 13.2 Å². The number of aryl methyl sites for hydroxylation is 1. The van der Waals surface area contributed by atoms with Crippen molar-refractivity contribution in [3.05, 3.63) is 66.1 Å². The summed E-state index contributed by atoms with van der Waals surface area (Å²) in [5, 5.41) is 0. The molecular weight excluding hydrogens is 440 g/mol. The van der Waals surface area contributed by atoms with Gasteiger partial charge in [-0.05, 0) is 30.7 Å². The van der Waals surface area contributed by atoms with E-state index < -0.39 is 17.6 Å². The molecule has 0 radical (unpaired) electrons. The van der Waals surface area contributed by atoms with Gasteiger partial charge in [0.15, 0.2) is 11.7 Å². The topological polar surface area (TPSA) is 62.5 Å². The number of hydrogen-bond donors (Lipinski definition) is 0. The molecule has 1 aliphatic heterocycles. The Kier molecular flexibility index (Phi) is 6.62. The van der Waals surface area contributed by atoms with Crippen LogP contribution in [0.4, 0.5) is 23.4 Å². The van der Waals surface area contributed by atoms with Crippen LogP contribution in [0.3, 0.4) is 0 Å². The molecule has 3 heterocycles. The monoisotopic (exact) mass is 462 g/mol. The third-order valence-electron chi connectivity index (χ3n) is 5.49. The molecule has 0 bridgehead atoms. The van der Waals surface area contributed by atoms with Crippen molar-refractivity contribution in [3.8, 4) is 11.3 Å². The highest BCUT2D eigenvalue weighted by Gasteiger charge is 2.31. The Balaban J connectivity index is 1.31. The maximum atomic E-state index is 13.9. The van der Waals surface area contributed by atoms with Crippen LogP contribution in [0.25, 0.3) is 11.3 Å². The minimum atomic E-state index is -4.42. The first-order chi connectivity index (χ1) is 15.8. The molecule has 0 spiro atoms. The lowest BCUT2D eigenvalue weighted by Crippen LogP contribution is -2.35. The second kappa shape index (κ2) is 9.60. The predicted molar refractivity (Wildman–Crippen MR) is 113 cm³/mol.